The molecule has 0 spiro atoms. The maximum Gasteiger partial charge on any atom is 0.228 e. The number of hydrogen-bond donors (Lipinski definition) is 1. The normalized spacial score (nSPS) is 13.5. The van der Waals surface area contributed by atoms with Gasteiger partial charge in [-0.25, -0.2) is 0 Å². The molecule has 0 saturated heterocycles. The van der Waals surface area contributed by atoms with Gasteiger partial charge in [0.15, 0.2) is 0 Å². The monoisotopic (exact) mass is 313 g/mol. The average Bonchev–Trinajstić information content (AvgIpc) is 2.50. The Hall–Kier alpha value is -1.80. The van der Waals surface area contributed by atoms with Gasteiger partial charge in [0.1, 0.15) is 0 Å². The molecule has 3 rings (SSSR count). The first-order chi connectivity index (χ1) is 10.6. The van der Waals surface area contributed by atoms with Crippen LogP contribution < -0.4 is 5.32 Å². The molecule has 0 atom stereocenters. The highest BCUT2D eigenvalue weighted by atomic mass is 35.5. The molecule has 114 valence electrons. The molecule has 0 aliphatic heterocycles. The van der Waals surface area contributed by atoms with Gasteiger partial charge in [-0.15, -0.1) is 0 Å². The standard InChI is InChI=1S/C19H20ClNO/c1-13-6-9-18(17(20)10-13)21-19(22)12-14-7-8-15-4-2-3-5-16(15)11-14/h6-11H,2-5,12H2,1H3,(H,21,22). The third kappa shape index (κ3) is 3.50. The molecule has 22 heavy (non-hydrogen) atoms. The molecule has 1 aliphatic rings. The number of fused-ring (bicyclic) bond motifs is 1. The van der Waals surface area contributed by atoms with E-state index in [9.17, 15) is 4.79 Å². The molecule has 0 saturated carbocycles. The molecule has 2 aromatic rings. The number of halogens is 1. The van der Waals surface area contributed by atoms with Gasteiger partial charge in [0, 0.05) is 0 Å². The van der Waals surface area contributed by atoms with Crippen molar-refractivity contribution in [2.24, 2.45) is 0 Å². The van der Waals surface area contributed by atoms with E-state index in [0.717, 1.165) is 17.5 Å². The molecule has 0 radical (unpaired) electrons. The molecular formula is C19H20ClNO. The Labute approximate surface area is 136 Å². The van der Waals surface area contributed by atoms with Gasteiger partial charge in [0.25, 0.3) is 0 Å². The number of amides is 1. The van der Waals surface area contributed by atoms with Crippen LogP contribution in [0.2, 0.25) is 5.02 Å². The zero-order chi connectivity index (χ0) is 15.5. The second kappa shape index (κ2) is 6.53. The highest BCUT2D eigenvalue weighted by Crippen LogP contribution is 2.24. The summed E-state index contributed by atoms with van der Waals surface area (Å²) in [7, 11) is 0. The first-order valence-corrected chi connectivity index (χ1v) is 8.16. The molecule has 1 amide bonds. The van der Waals surface area contributed by atoms with E-state index in [1.807, 2.05) is 25.1 Å². The number of aryl methyl sites for hydroxylation is 3. The third-order valence-electron chi connectivity index (χ3n) is 4.18. The van der Waals surface area contributed by atoms with Crippen LogP contribution in [0.1, 0.15) is 35.1 Å². The zero-order valence-electron chi connectivity index (χ0n) is 12.8. The molecule has 3 heteroatoms. The lowest BCUT2D eigenvalue weighted by Crippen LogP contribution is -2.15. The summed E-state index contributed by atoms with van der Waals surface area (Å²) >= 11 is 6.16. The highest BCUT2D eigenvalue weighted by molar-refractivity contribution is 6.33. The van der Waals surface area contributed by atoms with E-state index in [4.69, 9.17) is 11.6 Å². The Bertz CT molecular complexity index is 709. The van der Waals surface area contributed by atoms with E-state index in [1.54, 1.807) is 0 Å². The number of rotatable bonds is 3. The summed E-state index contributed by atoms with van der Waals surface area (Å²) < 4.78 is 0. The molecule has 0 fully saturated rings. The maximum atomic E-state index is 12.2. The lowest BCUT2D eigenvalue weighted by molar-refractivity contribution is -0.115. The number of nitrogens with one attached hydrogen (secondary N) is 1. The Morgan fingerprint density at radius 1 is 1.09 bits per heavy atom. The topological polar surface area (TPSA) is 29.1 Å². The molecule has 0 unspecified atom stereocenters. The fourth-order valence-corrected chi connectivity index (χ4v) is 3.28. The van der Waals surface area contributed by atoms with E-state index in [-0.39, 0.29) is 5.91 Å². The largest absolute Gasteiger partial charge is 0.324 e. The van der Waals surface area contributed by atoms with E-state index in [2.05, 4.69) is 23.5 Å². The summed E-state index contributed by atoms with van der Waals surface area (Å²) in [5.74, 6) is -0.0264. The summed E-state index contributed by atoms with van der Waals surface area (Å²) in [4.78, 5) is 12.2. The van der Waals surface area contributed by atoms with Crippen LogP contribution in [0.3, 0.4) is 0 Å². The van der Waals surface area contributed by atoms with Gasteiger partial charge in [-0.3, -0.25) is 4.79 Å². The lowest BCUT2D eigenvalue weighted by Gasteiger charge is -2.16. The van der Waals surface area contributed by atoms with Crippen molar-refractivity contribution in [1.82, 2.24) is 0 Å². The molecule has 0 heterocycles. The average molecular weight is 314 g/mol. The number of carbonyl (C=O) groups is 1. The quantitative estimate of drug-likeness (QED) is 0.873. The predicted molar refractivity (Wildman–Crippen MR) is 91.6 cm³/mol. The van der Waals surface area contributed by atoms with Crippen LogP contribution in [0, 0.1) is 6.92 Å². The van der Waals surface area contributed by atoms with Gasteiger partial charge in [0.05, 0.1) is 17.1 Å². The summed E-state index contributed by atoms with van der Waals surface area (Å²) in [5, 5.41) is 3.48. The summed E-state index contributed by atoms with van der Waals surface area (Å²) in [6.07, 6.45) is 5.22. The smallest absolute Gasteiger partial charge is 0.228 e. The summed E-state index contributed by atoms with van der Waals surface area (Å²) in [6, 6.07) is 12.1. The minimum Gasteiger partial charge on any atom is -0.324 e. The van der Waals surface area contributed by atoms with Crippen molar-refractivity contribution >= 4 is 23.2 Å². The van der Waals surface area contributed by atoms with Crippen molar-refractivity contribution in [2.75, 3.05) is 5.32 Å². The Kier molecular flexibility index (Phi) is 4.49. The number of anilines is 1. The van der Waals surface area contributed by atoms with Crippen LogP contribution in [-0.2, 0) is 24.1 Å². The summed E-state index contributed by atoms with van der Waals surface area (Å²) in [6.45, 7) is 1.98. The molecule has 0 aromatic heterocycles. The van der Waals surface area contributed by atoms with E-state index in [1.165, 1.54) is 30.4 Å². The molecule has 2 nitrogen and oxygen atoms in total. The van der Waals surface area contributed by atoms with E-state index >= 15 is 0 Å². The predicted octanol–water partition coefficient (Wildman–Crippen LogP) is 4.71. The van der Waals surface area contributed by atoms with Crippen molar-refractivity contribution < 1.29 is 4.79 Å². The Morgan fingerprint density at radius 3 is 2.64 bits per heavy atom. The van der Waals surface area contributed by atoms with Crippen molar-refractivity contribution in [3.8, 4) is 0 Å². The van der Waals surface area contributed by atoms with Gasteiger partial charge >= 0.3 is 0 Å². The second-order valence-electron chi connectivity index (χ2n) is 6.02. The van der Waals surface area contributed by atoms with Crippen molar-refractivity contribution in [1.29, 1.82) is 0 Å². The zero-order valence-corrected chi connectivity index (χ0v) is 13.5. The molecule has 1 N–H and O–H groups in total. The van der Waals surface area contributed by atoms with Gasteiger partial charge in [-0.2, -0.15) is 0 Å². The van der Waals surface area contributed by atoms with Crippen LogP contribution in [0.4, 0.5) is 5.69 Å². The van der Waals surface area contributed by atoms with Gasteiger partial charge in [0.2, 0.25) is 5.91 Å². The van der Waals surface area contributed by atoms with Crippen LogP contribution in [0.5, 0.6) is 0 Å². The van der Waals surface area contributed by atoms with Gasteiger partial charge < -0.3 is 5.32 Å². The Morgan fingerprint density at radius 2 is 1.86 bits per heavy atom. The van der Waals surface area contributed by atoms with Crippen molar-refractivity contribution in [3.05, 3.63) is 63.7 Å². The number of benzene rings is 2. The van der Waals surface area contributed by atoms with Gasteiger partial charge in [-0.1, -0.05) is 35.9 Å². The molecule has 0 bridgehead atoms. The Balaban J connectivity index is 1.69. The molecular weight excluding hydrogens is 294 g/mol. The van der Waals surface area contributed by atoms with Gasteiger partial charge in [-0.05, 0) is 67.0 Å². The number of carbonyl (C=O) groups excluding carboxylic acids is 1. The fourth-order valence-electron chi connectivity index (χ4n) is 3.00. The fraction of sp³-hybridized carbons (Fsp3) is 0.316. The number of hydrogen-bond acceptors (Lipinski definition) is 1. The van der Waals surface area contributed by atoms with Crippen LogP contribution in [0.25, 0.3) is 0 Å². The van der Waals surface area contributed by atoms with Crippen LogP contribution in [0.15, 0.2) is 36.4 Å². The lowest BCUT2D eigenvalue weighted by atomic mass is 9.90. The van der Waals surface area contributed by atoms with Crippen molar-refractivity contribution in [2.45, 2.75) is 39.0 Å². The third-order valence-corrected chi connectivity index (χ3v) is 4.49. The first-order valence-electron chi connectivity index (χ1n) is 7.78. The van der Waals surface area contributed by atoms with Crippen molar-refractivity contribution in [3.63, 3.8) is 0 Å². The first kappa shape index (κ1) is 15.1. The summed E-state index contributed by atoms with van der Waals surface area (Å²) in [5.41, 5.74) is 5.68. The highest BCUT2D eigenvalue weighted by Gasteiger charge is 2.12. The maximum absolute atomic E-state index is 12.2. The minimum absolute atomic E-state index is 0.0264. The van der Waals surface area contributed by atoms with Crippen LogP contribution in [-0.4, -0.2) is 5.91 Å². The van der Waals surface area contributed by atoms with E-state index in [0.29, 0.717) is 17.1 Å². The molecule has 1 aliphatic carbocycles. The minimum atomic E-state index is -0.0264. The SMILES string of the molecule is Cc1ccc(NC(=O)Cc2ccc3c(c2)CCCC3)c(Cl)c1. The van der Waals surface area contributed by atoms with E-state index < -0.39 is 0 Å². The van der Waals surface area contributed by atoms with Crippen LogP contribution >= 0.6 is 11.6 Å². The second-order valence-corrected chi connectivity index (χ2v) is 6.43. The molecule has 2 aromatic carbocycles.